The van der Waals surface area contributed by atoms with E-state index in [1.165, 1.54) is 9.13 Å². The van der Waals surface area contributed by atoms with Crippen molar-refractivity contribution in [3.8, 4) is 5.75 Å². The van der Waals surface area contributed by atoms with Crippen LogP contribution in [0, 0.1) is 3.57 Å². The van der Waals surface area contributed by atoms with Crippen LogP contribution in [0.5, 0.6) is 5.75 Å². The van der Waals surface area contributed by atoms with Crippen LogP contribution in [0.2, 0.25) is 0 Å². The van der Waals surface area contributed by atoms with Crippen molar-refractivity contribution in [2.45, 2.75) is 13.0 Å². The van der Waals surface area contributed by atoms with Gasteiger partial charge in [0.15, 0.2) is 0 Å². The number of nitrogens with one attached hydrogen (secondary N) is 1. The first-order chi connectivity index (χ1) is 10.1. The van der Waals surface area contributed by atoms with Crippen LogP contribution in [0.1, 0.15) is 24.1 Å². The molecule has 0 saturated heterocycles. The molecule has 5 heteroatoms. The Morgan fingerprint density at radius 2 is 1.71 bits per heavy atom. The largest absolute Gasteiger partial charge is 0.496 e. The Bertz CT molecular complexity index is 634. The molecule has 21 heavy (non-hydrogen) atoms. The maximum Gasteiger partial charge on any atom is 0.124 e. The van der Waals surface area contributed by atoms with Gasteiger partial charge in [0.25, 0.3) is 0 Å². The molecule has 1 atom stereocenters. The number of ether oxygens (including phenoxy) is 1. The summed E-state index contributed by atoms with van der Waals surface area (Å²) in [5.41, 5.74) is 2.37. The fraction of sp³-hybridized carbons (Fsp3) is 0.250. The summed E-state index contributed by atoms with van der Waals surface area (Å²) in [6.45, 7) is 2.99. The highest BCUT2D eigenvalue weighted by Crippen LogP contribution is 2.35. The Morgan fingerprint density at radius 3 is 2.33 bits per heavy atom. The lowest BCUT2D eigenvalue weighted by molar-refractivity contribution is 0.404. The average Bonchev–Trinajstić information content (AvgIpc) is 2.47. The van der Waals surface area contributed by atoms with E-state index in [0.717, 1.165) is 26.8 Å². The molecule has 2 aromatic carbocycles. The number of hydrogen-bond acceptors (Lipinski definition) is 2. The summed E-state index contributed by atoms with van der Waals surface area (Å²) in [6, 6.07) is 12.5. The summed E-state index contributed by atoms with van der Waals surface area (Å²) in [5, 5.41) is 3.56. The van der Waals surface area contributed by atoms with Crippen LogP contribution < -0.4 is 10.1 Å². The molecule has 1 N–H and O–H groups in total. The van der Waals surface area contributed by atoms with Crippen molar-refractivity contribution in [3.63, 3.8) is 0 Å². The predicted octanol–water partition coefficient (Wildman–Crippen LogP) is 5.52. The average molecular weight is 525 g/mol. The molecule has 0 heterocycles. The number of benzene rings is 2. The van der Waals surface area contributed by atoms with Crippen LogP contribution in [0.15, 0.2) is 45.3 Å². The lowest BCUT2D eigenvalue weighted by Gasteiger charge is -2.23. The Balaban J connectivity index is 2.58. The van der Waals surface area contributed by atoms with E-state index in [0.29, 0.717) is 0 Å². The molecule has 112 valence electrons. The van der Waals surface area contributed by atoms with E-state index in [4.69, 9.17) is 4.74 Å². The fourth-order valence-electron chi connectivity index (χ4n) is 2.26. The van der Waals surface area contributed by atoms with Crippen molar-refractivity contribution >= 4 is 54.5 Å². The Labute approximate surface area is 156 Å². The Morgan fingerprint density at radius 1 is 1.10 bits per heavy atom. The molecule has 2 rings (SSSR count). The molecule has 0 saturated carbocycles. The minimum atomic E-state index is 0.0897. The van der Waals surface area contributed by atoms with Crippen molar-refractivity contribution in [1.82, 2.24) is 5.32 Å². The van der Waals surface area contributed by atoms with Gasteiger partial charge in [-0.15, -0.1) is 0 Å². The third-order valence-corrected chi connectivity index (χ3v) is 5.15. The quantitative estimate of drug-likeness (QED) is 0.520. The van der Waals surface area contributed by atoms with Gasteiger partial charge < -0.3 is 10.1 Å². The van der Waals surface area contributed by atoms with Crippen LogP contribution in [0.3, 0.4) is 0 Å². The second-order valence-electron chi connectivity index (χ2n) is 4.54. The van der Waals surface area contributed by atoms with Gasteiger partial charge in [-0.25, -0.2) is 0 Å². The lowest BCUT2D eigenvalue weighted by atomic mass is 9.98. The van der Waals surface area contributed by atoms with Crippen LogP contribution in [0.25, 0.3) is 0 Å². The predicted molar refractivity (Wildman–Crippen MR) is 103 cm³/mol. The molecule has 0 aromatic heterocycles. The molecule has 0 aliphatic carbocycles. The fourth-order valence-corrected chi connectivity index (χ4v) is 3.66. The molecule has 0 bridgehead atoms. The smallest absolute Gasteiger partial charge is 0.124 e. The minimum Gasteiger partial charge on any atom is -0.496 e. The zero-order valence-corrected chi connectivity index (χ0v) is 17.1. The summed E-state index contributed by atoms with van der Waals surface area (Å²) in [4.78, 5) is 0. The Hall–Kier alpha value is -0.110. The molecule has 2 nitrogen and oxygen atoms in total. The highest BCUT2D eigenvalue weighted by atomic mass is 127. The first-order valence-electron chi connectivity index (χ1n) is 6.58. The van der Waals surface area contributed by atoms with Crippen LogP contribution in [0.4, 0.5) is 0 Å². The van der Waals surface area contributed by atoms with Crippen molar-refractivity contribution < 1.29 is 4.74 Å². The standard InChI is InChI=1S/C16H16Br2INO/c1-3-20-16(12-8-10(17)4-6-14(12)19)13-9-11(18)5-7-15(13)21-2/h4-9,16,20H,3H2,1-2H3. The maximum atomic E-state index is 5.54. The molecule has 0 radical (unpaired) electrons. The van der Waals surface area contributed by atoms with Crippen molar-refractivity contribution in [1.29, 1.82) is 0 Å². The van der Waals surface area contributed by atoms with Gasteiger partial charge in [0.05, 0.1) is 13.2 Å². The molecule has 0 spiro atoms. The summed E-state index contributed by atoms with van der Waals surface area (Å²) < 4.78 is 8.90. The normalized spacial score (nSPS) is 12.2. The first-order valence-corrected chi connectivity index (χ1v) is 9.25. The molecule has 0 amide bonds. The molecule has 0 aliphatic rings. The van der Waals surface area contributed by atoms with Gasteiger partial charge >= 0.3 is 0 Å². The van der Waals surface area contributed by atoms with Gasteiger partial charge in [0, 0.05) is 18.1 Å². The van der Waals surface area contributed by atoms with Gasteiger partial charge in [-0.1, -0.05) is 38.8 Å². The molecule has 0 fully saturated rings. The summed E-state index contributed by atoms with van der Waals surface area (Å²) >= 11 is 9.50. The molecular weight excluding hydrogens is 509 g/mol. The van der Waals surface area contributed by atoms with Crippen LogP contribution >= 0.6 is 54.5 Å². The Kier molecular flexibility index (Phi) is 6.52. The highest BCUT2D eigenvalue weighted by molar-refractivity contribution is 14.1. The zero-order valence-electron chi connectivity index (χ0n) is 11.8. The summed E-state index contributed by atoms with van der Waals surface area (Å²) in [6.07, 6.45) is 0. The van der Waals surface area contributed by atoms with Crippen LogP contribution in [-0.2, 0) is 0 Å². The molecule has 2 aromatic rings. The van der Waals surface area contributed by atoms with E-state index < -0.39 is 0 Å². The maximum absolute atomic E-state index is 5.54. The number of rotatable bonds is 5. The van der Waals surface area contributed by atoms with Gasteiger partial charge in [0.2, 0.25) is 0 Å². The highest BCUT2D eigenvalue weighted by Gasteiger charge is 2.20. The molecular formula is C16H16Br2INO. The SMILES string of the molecule is CCNC(c1cc(Br)ccc1I)c1cc(Br)ccc1OC. The zero-order chi connectivity index (χ0) is 15.4. The van der Waals surface area contributed by atoms with E-state index in [9.17, 15) is 0 Å². The van der Waals surface area contributed by atoms with E-state index in [2.05, 4.69) is 91.0 Å². The number of methoxy groups -OCH3 is 1. The number of halogens is 3. The van der Waals surface area contributed by atoms with Crippen molar-refractivity contribution in [3.05, 3.63) is 60.0 Å². The molecule has 1 unspecified atom stereocenters. The second-order valence-corrected chi connectivity index (χ2v) is 7.54. The van der Waals surface area contributed by atoms with E-state index in [-0.39, 0.29) is 6.04 Å². The third-order valence-electron chi connectivity index (χ3n) is 3.18. The summed E-state index contributed by atoms with van der Waals surface area (Å²) in [5.74, 6) is 0.889. The second kappa shape index (κ2) is 7.94. The van der Waals surface area contributed by atoms with Gasteiger partial charge in [-0.3, -0.25) is 0 Å². The number of hydrogen-bond donors (Lipinski definition) is 1. The van der Waals surface area contributed by atoms with Gasteiger partial charge in [0.1, 0.15) is 5.75 Å². The van der Waals surface area contributed by atoms with Crippen molar-refractivity contribution in [2.75, 3.05) is 13.7 Å². The monoisotopic (exact) mass is 523 g/mol. The van der Waals surface area contributed by atoms with Gasteiger partial charge in [-0.2, -0.15) is 0 Å². The topological polar surface area (TPSA) is 21.3 Å². The van der Waals surface area contributed by atoms with E-state index >= 15 is 0 Å². The van der Waals surface area contributed by atoms with Crippen LogP contribution in [-0.4, -0.2) is 13.7 Å². The first kappa shape index (κ1) is 17.2. The lowest BCUT2D eigenvalue weighted by Crippen LogP contribution is -2.23. The summed E-state index contributed by atoms with van der Waals surface area (Å²) in [7, 11) is 1.71. The third kappa shape index (κ3) is 4.21. The molecule has 0 aliphatic heterocycles. The van der Waals surface area contributed by atoms with E-state index in [1.54, 1.807) is 7.11 Å². The van der Waals surface area contributed by atoms with E-state index in [1.807, 2.05) is 12.1 Å². The van der Waals surface area contributed by atoms with Crippen molar-refractivity contribution in [2.24, 2.45) is 0 Å². The van der Waals surface area contributed by atoms with Gasteiger partial charge in [-0.05, 0) is 71.1 Å². The minimum absolute atomic E-state index is 0.0897.